The van der Waals surface area contributed by atoms with E-state index in [9.17, 15) is 0 Å². The van der Waals surface area contributed by atoms with Crippen molar-refractivity contribution in [3.05, 3.63) is 24.3 Å². The van der Waals surface area contributed by atoms with Gasteiger partial charge in [-0.2, -0.15) is 0 Å². The van der Waals surface area contributed by atoms with E-state index >= 15 is 0 Å². The summed E-state index contributed by atoms with van der Waals surface area (Å²) >= 11 is 0. The first-order chi connectivity index (χ1) is 7.24. The first-order valence-electron chi connectivity index (χ1n) is 5.26. The normalized spacial score (nSPS) is 12.2. The summed E-state index contributed by atoms with van der Waals surface area (Å²) in [6.07, 6.45) is 0.296. The molecule has 3 heteroatoms. The van der Waals surface area contributed by atoms with Gasteiger partial charge < -0.3 is 14.6 Å². The fourth-order valence-electron chi connectivity index (χ4n) is 1.18. The molecule has 0 fully saturated rings. The molecule has 84 valence electrons. The molecular formula is C12H18O3. The molecule has 0 saturated carbocycles. The first kappa shape index (κ1) is 11.9. The number of ether oxygens (including phenoxy) is 2. The molecule has 0 saturated heterocycles. The third-order valence-corrected chi connectivity index (χ3v) is 1.94. The second-order valence-corrected chi connectivity index (χ2v) is 3.37. The molecule has 1 atom stereocenters. The standard InChI is InChI=1S/C12H18O3/c1-3-14-11-6-4-5-7-12(11)15-9-8-10(2)13/h4-7,10,13H,3,8-9H2,1-2H3. The summed E-state index contributed by atoms with van der Waals surface area (Å²) < 4.78 is 10.9. The molecular weight excluding hydrogens is 192 g/mol. The van der Waals surface area contributed by atoms with Crippen LogP contribution in [0.1, 0.15) is 20.3 Å². The zero-order valence-electron chi connectivity index (χ0n) is 9.27. The molecule has 1 N–H and O–H groups in total. The van der Waals surface area contributed by atoms with Crippen molar-refractivity contribution >= 4 is 0 Å². The molecule has 1 aromatic carbocycles. The predicted molar refractivity (Wildman–Crippen MR) is 59.4 cm³/mol. The van der Waals surface area contributed by atoms with Gasteiger partial charge in [-0.15, -0.1) is 0 Å². The summed E-state index contributed by atoms with van der Waals surface area (Å²) in [6, 6.07) is 7.56. The van der Waals surface area contributed by atoms with E-state index in [1.807, 2.05) is 31.2 Å². The second-order valence-electron chi connectivity index (χ2n) is 3.37. The van der Waals surface area contributed by atoms with Gasteiger partial charge in [-0.05, 0) is 26.0 Å². The molecule has 0 aliphatic heterocycles. The van der Waals surface area contributed by atoms with E-state index in [4.69, 9.17) is 14.6 Å². The molecule has 15 heavy (non-hydrogen) atoms. The minimum absolute atomic E-state index is 0.329. The lowest BCUT2D eigenvalue weighted by atomic mass is 10.3. The van der Waals surface area contributed by atoms with Crippen LogP contribution in [0.2, 0.25) is 0 Å². The SMILES string of the molecule is CCOc1ccccc1OCCC(C)O. The van der Waals surface area contributed by atoms with Crippen molar-refractivity contribution < 1.29 is 14.6 Å². The Bertz CT molecular complexity index is 284. The molecule has 1 rings (SSSR count). The summed E-state index contributed by atoms with van der Waals surface area (Å²) in [7, 11) is 0. The van der Waals surface area contributed by atoms with Gasteiger partial charge in [-0.1, -0.05) is 12.1 Å². The predicted octanol–water partition coefficient (Wildman–Crippen LogP) is 2.24. The number of para-hydroxylation sites is 2. The number of hydrogen-bond donors (Lipinski definition) is 1. The van der Waals surface area contributed by atoms with Crippen molar-refractivity contribution in [3.63, 3.8) is 0 Å². The third kappa shape index (κ3) is 4.21. The minimum Gasteiger partial charge on any atom is -0.490 e. The lowest BCUT2D eigenvalue weighted by molar-refractivity contribution is 0.153. The molecule has 0 bridgehead atoms. The molecule has 0 amide bonds. The summed E-state index contributed by atoms with van der Waals surface area (Å²) in [6.45, 7) is 4.81. The Hall–Kier alpha value is -1.22. The number of rotatable bonds is 6. The van der Waals surface area contributed by atoms with Gasteiger partial charge >= 0.3 is 0 Å². The Morgan fingerprint density at radius 1 is 1.20 bits per heavy atom. The van der Waals surface area contributed by atoms with Gasteiger partial charge in [0.25, 0.3) is 0 Å². The fourth-order valence-corrected chi connectivity index (χ4v) is 1.18. The van der Waals surface area contributed by atoms with Crippen LogP contribution in [0.3, 0.4) is 0 Å². The molecule has 1 unspecified atom stereocenters. The molecule has 1 aromatic rings. The van der Waals surface area contributed by atoms with Gasteiger partial charge in [0.15, 0.2) is 11.5 Å². The monoisotopic (exact) mass is 210 g/mol. The Kier molecular flexibility index (Phi) is 4.98. The maximum absolute atomic E-state index is 9.09. The summed E-state index contributed by atoms with van der Waals surface area (Å²) in [4.78, 5) is 0. The van der Waals surface area contributed by atoms with Crippen LogP contribution in [-0.4, -0.2) is 24.4 Å². The van der Waals surface area contributed by atoms with E-state index in [0.29, 0.717) is 19.6 Å². The van der Waals surface area contributed by atoms with Gasteiger partial charge in [0, 0.05) is 6.42 Å². The van der Waals surface area contributed by atoms with E-state index in [1.165, 1.54) is 0 Å². The first-order valence-corrected chi connectivity index (χ1v) is 5.26. The van der Waals surface area contributed by atoms with Crippen LogP contribution in [0, 0.1) is 0 Å². The van der Waals surface area contributed by atoms with Crippen molar-refractivity contribution in [3.8, 4) is 11.5 Å². The largest absolute Gasteiger partial charge is 0.490 e. The molecule has 0 aliphatic carbocycles. The molecule has 0 aliphatic rings. The average molecular weight is 210 g/mol. The fraction of sp³-hybridized carbons (Fsp3) is 0.500. The average Bonchev–Trinajstić information content (AvgIpc) is 2.20. The topological polar surface area (TPSA) is 38.7 Å². The Morgan fingerprint density at radius 2 is 1.80 bits per heavy atom. The molecule has 0 heterocycles. The van der Waals surface area contributed by atoms with Gasteiger partial charge in [0.2, 0.25) is 0 Å². The van der Waals surface area contributed by atoms with Crippen LogP contribution in [0.5, 0.6) is 11.5 Å². The lowest BCUT2D eigenvalue weighted by Crippen LogP contribution is -2.08. The van der Waals surface area contributed by atoms with Gasteiger partial charge in [0.05, 0.1) is 19.3 Å². The van der Waals surface area contributed by atoms with Crippen molar-refractivity contribution in [2.75, 3.05) is 13.2 Å². The van der Waals surface area contributed by atoms with Crippen LogP contribution in [0.25, 0.3) is 0 Å². The highest BCUT2D eigenvalue weighted by Gasteiger charge is 2.03. The molecule has 0 spiro atoms. The highest BCUT2D eigenvalue weighted by molar-refractivity contribution is 5.39. The van der Waals surface area contributed by atoms with Crippen molar-refractivity contribution in [1.82, 2.24) is 0 Å². The van der Waals surface area contributed by atoms with Gasteiger partial charge in [-0.3, -0.25) is 0 Å². The highest BCUT2D eigenvalue weighted by atomic mass is 16.5. The van der Waals surface area contributed by atoms with E-state index in [2.05, 4.69) is 0 Å². The van der Waals surface area contributed by atoms with E-state index in [1.54, 1.807) is 6.92 Å². The van der Waals surface area contributed by atoms with E-state index < -0.39 is 0 Å². The van der Waals surface area contributed by atoms with E-state index in [0.717, 1.165) is 11.5 Å². The molecule has 3 nitrogen and oxygen atoms in total. The van der Waals surface area contributed by atoms with Crippen molar-refractivity contribution in [2.45, 2.75) is 26.4 Å². The minimum atomic E-state index is -0.329. The zero-order chi connectivity index (χ0) is 11.1. The van der Waals surface area contributed by atoms with Crippen molar-refractivity contribution in [2.24, 2.45) is 0 Å². The zero-order valence-corrected chi connectivity index (χ0v) is 9.27. The second kappa shape index (κ2) is 6.30. The maximum atomic E-state index is 9.09. The summed E-state index contributed by atoms with van der Waals surface area (Å²) in [5.41, 5.74) is 0. The quantitative estimate of drug-likeness (QED) is 0.782. The smallest absolute Gasteiger partial charge is 0.161 e. The van der Waals surface area contributed by atoms with Crippen LogP contribution < -0.4 is 9.47 Å². The number of aliphatic hydroxyl groups is 1. The van der Waals surface area contributed by atoms with Crippen LogP contribution >= 0.6 is 0 Å². The number of aliphatic hydroxyl groups excluding tert-OH is 1. The van der Waals surface area contributed by atoms with Crippen LogP contribution in [-0.2, 0) is 0 Å². The highest BCUT2D eigenvalue weighted by Crippen LogP contribution is 2.26. The summed E-state index contributed by atoms with van der Waals surface area (Å²) in [5, 5.41) is 9.09. The van der Waals surface area contributed by atoms with Gasteiger partial charge in [0.1, 0.15) is 0 Å². The molecule has 0 radical (unpaired) electrons. The van der Waals surface area contributed by atoms with E-state index in [-0.39, 0.29) is 6.10 Å². The van der Waals surface area contributed by atoms with Crippen LogP contribution in [0.4, 0.5) is 0 Å². The van der Waals surface area contributed by atoms with Crippen LogP contribution in [0.15, 0.2) is 24.3 Å². The summed E-state index contributed by atoms with van der Waals surface area (Å²) in [5.74, 6) is 1.49. The Balaban J connectivity index is 2.51. The Labute approximate surface area is 90.6 Å². The Morgan fingerprint density at radius 3 is 2.33 bits per heavy atom. The van der Waals surface area contributed by atoms with Crippen molar-refractivity contribution in [1.29, 1.82) is 0 Å². The maximum Gasteiger partial charge on any atom is 0.161 e. The lowest BCUT2D eigenvalue weighted by Gasteiger charge is -2.11. The molecule has 0 aromatic heterocycles. The number of benzene rings is 1. The third-order valence-electron chi connectivity index (χ3n) is 1.94. The van der Waals surface area contributed by atoms with Gasteiger partial charge in [-0.25, -0.2) is 0 Å². The number of hydrogen-bond acceptors (Lipinski definition) is 3.